The van der Waals surface area contributed by atoms with E-state index in [1.54, 1.807) is 6.20 Å². The van der Waals surface area contributed by atoms with Crippen LogP contribution < -0.4 is 15.8 Å². The topological polar surface area (TPSA) is 60.2 Å². The lowest BCUT2D eigenvalue weighted by atomic mass is 9.89. The molecule has 3 N–H and O–H groups in total. The molecule has 0 aliphatic carbocycles. The van der Waals surface area contributed by atoms with Crippen LogP contribution in [0.15, 0.2) is 42.6 Å². The standard InChI is InChI=1S/C15H17N3O/c1-17-14(11-6-4-8-18-15(11)16)12-9-19-13-7-3-2-5-10(12)13/h2-8,12,14,17H,9H2,1H3,(H2,16,18). The number of ether oxygens (including phenoxy) is 1. The Morgan fingerprint density at radius 1 is 1.32 bits per heavy atom. The average molecular weight is 255 g/mol. The summed E-state index contributed by atoms with van der Waals surface area (Å²) in [5, 5.41) is 3.34. The number of para-hydroxylation sites is 1. The Morgan fingerprint density at radius 3 is 2.95 bits per heavy atom. The molecule has 1 aromatic carbocycles. The minimum Gasteiger partial charge on any atom is -0.493 e. The number of rotatable bonds is 3. The second-order valence-corrected chi connectivity index (χ2v) is 4.70. The van der Waals surface area contributed by atoms with E-state index in [9.17, 15) is 0 Å². The maximum absolute atomic E-state index is 5.99. The molecule has 0 spiro atoms. The van der Waals surface area contributed by atoms with Gasteiger partial charge in [0.15, 0.2) is 0 Å². The van der Waals surface area contributed by atoms with Gasteiger partial charge in [0, 0.05) is 29.3 Å². The van der Waals surface area contributed by atoms with Gasteiger partial charge in [0.1, 0.15) is 11.6 Å². The molecule has 0 fully saturated rings. The van der Waals surface area contributed by atoms with Gasteiger partial charge in [0.2, 0.25) is 0 Å². The molecule has 2 atom stereocenters. The highest BCUT2D eigenvalue weighted by atomic mass is 16.5. The third-order valence-corrected chi connectivity index (χ3v) is 3.66. The van der Waals surface area contributed by atoms with Crippen molar-refractivity contribution in [3.63, 3.8) is 0 Å². The number of aromatic nitrogens is 1. The molecule has 1 aromatic heterocycles. The fraction of sp³-hybridized carbons (Fsp3) is 0.267. The summed E-state index contributed by atoms with van der Waals surface area (Å²) in [6.45, 7) is 0.666. The molecule has 0 radical (unpaired) electrons. The Bertz CT molecular complexity index is 585. The van der Waals surface area contributed by atoms with Crippen LogP contribution in [-0.2, 0) is 0 Å². The first kappa shape index (κ1) is 12.0. The molecule has 4 heteroatoms. The summed E-state index contributed by atoms with van der Waals surface area (Å²) < 4.78 is 5.75. The number of fused-ring (bicyclic) bond motifs is 1. The number of nitrogen functional groups attached to an aromatic ring is 1. The Kier molecular flexibility index (Phi) is 3.09. The summed E-state index contributed by atoms with van der Waals surface area (Å²) in [4.78, 5) is 4.17. The van der Waals surface area contributed by atoms with E-state index in [0.29, 0.717) is 12.4 Å². The van der Waals surface area contributed by atoms with E-state index in [-0.39, 0.29) is 12.0 Å². The molecule has 19 heavy (non-hydrogen) atoms. The van der Waals surface area contributed by atoms with Crippen LogP contribution >= 0.6 is 0 Å². The van der Waals surface area contributed by atoms with Crippen LogP contribution in [0, 0.1) is 0 Å². The minimum atomic E-state index is 0.109. The van der Waals surface area contributed by atoms with Gasteiger partial charge in [-0.05, 0) is 19.2 Å². The van der Waals surface area contributed by atoms with Crippen molar-refractivity contribution in [2.45, 2.75) is 12.0 Å². The molecule has 0 saturated carbocycles. The van der Waals surface area contributed by atoms with Crippen LogP contribution in [0.4, 0.5) is 5.82 Å². The van der Waals surface area contributed by atoms with Gasteiger partial charge in [-0.3, -0.25) is 0 Å². The molecule has 2 aromatic rings. The van der Waals surface area contributed by atoms with Gasteiger partial charge in [0.05, 0.1) is 6.61 Å². The van der Waals surface area contributed by atoms with E-state index >= 15 is 0 Å². The molecule has 0 saturated heterocycles. The second-order valence-electron chi connectivity index (χ2n) is 4.70. The number of benzene rings is 1. The lowest BCUT2D eigenvalue weighted by molar-refractivity contribution is 0.304. The van der Waals surface area contributed by atoms with E-state index in [2.05, 4.69) is 16.4 Å². The minimum absolute atomic E-state index is 0.109. The van der Waals surface area contributed by atoms with Gasteiger partial charge >= 0.3 is 0 Å². The van der Waals surface area contributed by atoms with E-state index in [4.69, 9.17) is 10.5 Å². The zero-order valence-corrected chi connectivity index (χ0v) is 10.8. The first-order valence-corrected chi connectivity index (χ1v) is 6.40. The van der Waals surface area contributed by atoms with Crippen molar-refractivity contribution in [3.8, 4) is 5.75 Å². The van der Waals surface area contributed by atoms with Gasteiger partial charge in [-0.25, -0.2) is 4.98 Å². The lowest BCUT2D eigenvalue weighted by Gasteiger charge is -2.23. The molecule has 2 unspecified atom stereocenters. The third-order valence-electron chi connectivity index (χ3n) is 3.66. The van der Waals surface area contributed by atoms with Crippen molar-refractivity contribution in [2.24, 2.45) is 0 Å². The Morgan fingerprint density at radius 2 is 2.16 bits per heavy atom. The Hall–Kier alpha value is -2.07. The lowest BCUT2D eigenvalue weighted by Crippen LogP contribution is -2.26. The van der Waals surface area contributed by atoms with Crippen molar-refractivity contribution in [3.05, 3.63) is 53.7 Å². The summed E-state index contributed by atoms with van der Waals surface area (Å²) in [7, 11) is 1.94. The maximum Gasteiger partial charge on any atom is 0.128 e. The predicted octanol–water partition coefficient (Wildman–Crippen LogP) is 2.10. The monoisotopic (exact) mass is 255 g/mol. The van der Waals surface area contributed by atoms with Crippen molar-refractivity contribution in [1.82, 2.24) is 10.3 Å². The van der Waals surface area contributed by atoms with Gasteiger partial charge in [-0.1, -0.05) is 24.3 Å². The van der Waals surface area contributed by atoms with E-state index in [1.165, 1.54) is 5.56 Å². The molecule has 4 nitrogen and oxygen atoms in total. The zero-order chi connectivity index (χ0) is 13.2. The van der Waals surface area contributed by atoms with Gasteiger partial charge in [-0.15, -0.1) is 0 Å². The van der Waals surface area contributed by atoms with E-state index in [0.717, 1.165) is 11.3 Å². The van der Waals surface area contributed by atoms with Crippen LogP contribution in [0.2, 0.25) is 0 Å². The maximum atomic E-state index is 5.99. The first-order valence-electron chi connectivity index (χ1n) is 6.40. The van der Waals surface area contributed by atoms with Crippen LogP contribution in [0.3, 0.4) is 0 Å². The quantitative estimate of drug-likeness (QED) is 0.881. The highest BCUT2D eigenvalue weighted by Gasteiger charge is 2.32. The van der Waals surface area contributed by atoms with Crippen molar-refractivity contribution in [1.29, 1.82) is 0 Å². The number of nitrogens with two attached hydrogens (primary N) is 1. The first-order chi connectivity index (χ1) is 9.31. The Balaban J connectivity index is 1.99. The van der Waals surface area contributed by atoms with Crippen molar-refractivity contribution >= 4 is 5.82 Å². The molecule has 0 bridgehead atoms. The predicted molar refractivity (Wildman–Crippen MR) is 75.1 cm³/mol. The molecule has 98 valence electrons. The molecule has 2 heterocycles. The third kappa shape index (κ3) is 2.04. The summed E-state index contributed by atoms with van der Waals surface area (Å²) in [5.74, 6) is 1.80. The van der Waals surface area contributed by atoms with E-state index in [1.807, 2.05) is 37.4 Å². The normalized spacial score (nSPS) is 18.7. The average Bonchev–Trinajstić information content (AvgIpc) is 2.86. The van der Waals surface area contributed by atoms with Gasteiger partial charge in [-0.2, -0.15) is 0 Å². The van der Waals surface area contributed by atoms with Crippen molar-refractivity contribution in [2.75, 3.05) is 19.4 Å². The zero-order valence-electron chi connectivity index (χ0n) is 10.8. The van der Waals surface area contributed by atoms with Crippen LogP contribution in [0.25, 0.3) is 0 Å². The second kappa shape index (κ2) is 4.90. The smallest absolute Gasteiger partial charge is 0.128 e. The van der Waals surface area contributed by atoms with Crippen LogP contribution in [0.1, 0.15) is 23.1 Å². The van der Waals surface area contributed by atoms with Crippen molar-refractivity contribution < 1.29 is 4.74 Å². The van der Waals surface area contributed by atoms with Crippen LogP contribution in [-0.4, -0.2) is 18.6 Å². The molecular formula is C15H17N3O. The van der Waals surface area contributed by atoms with Crippen LogP contribution in [0.5, 0.6) is 5.75 Å². The molecule has 1 aliphatic heterocycles. The molecular weight excluding hydrogens is 238 g/mol. The fourth-order valence-electron chi connectivity index (χ4n) is 2.73. The number of pyridine rings is 1. The molecule has 0 amide bonds. The number of hydrogen-bond donors (Lipinski definition) is 2. The van der Waals surface area contributed by atoms with E-state index < -0.39 is 0 Å². The molecule has 3 rings (SSSR count). The van der Waals surface area contributed by atoms with Gasteiger partial charge < -0.3 is 15.8 Å². The SMILES string of the molecule is CNC(c1cccnc1N)C1COc2ccccc21. The summed E-state index contributed by atoms with van der Waals surface area (Å²) in [5.41, 5.74) is 8.24. The summed E-state index contributed by atoms with van der Waals surface area (Å²) >= 11 is 0. The highest BCUT2D eigenvalue weighted by molar-refractivity contribution is 5.47. The number of likely N-dealkylation sites (N-methyl/N-ethyl adjacent to an activating group) is 1. The molecule has 1 aliphatic rings. The van der Waals surface area contributed by atoms with Gasteiger partial charge in [0.25, 0.3) is 0 Å². The highest BCUT2D eigenvalue weighted by Crippen LogP contribution is 2.41. The number of hydrogen-bond acceptors (Lipinski definition) is 4. The summed E-state index contributed by atoms with van der Waals surface area (Å²) in [6.07, 6.45) is 1.71. The summed E-state index contributed by atoms with van der Waals surface area (Å²) in [6, 6.07) is 12.2. The number of anilines is 1. The Labute approximate surface area is 112 Å². The number of nitrogens with one attached hydrogen (secondary N) is 1. The largest absolute Gasteiger partial charge is 0.493 e. The number of nitrogens with zero attached hydrogens (tertiary/aromatic N) is 1. The fourth-order valence-corrected chi connectivity index (χ4v) is 2.73.